The molecule has 1 fully saturated rings. The quantitative estimate of drug-likeness (QED) is 0.746. The molecule has 1 saturated carbocycles. The number of nitrogens with two attached hydrogens (primary N) is 1. The predicted molar refractivity (Wildman–Crippen MR) is 77.9 cm³/mol. The van der Waals surface area contributed by atoms with Gasteiger partial charge in [-0.3, -0.25) is 4.79 Å². The molecule has 0 radical (unpaired) electrons. The Morgan fingerprint density at radius 2 is 1.89 bits per heavy atom. The van der Waals surface area contributed by atoms with Crippen molar-refractivity contribution in [1.29, 1.82) is 0 Å². The zero-order valence-electron chi connectivity index (χ0n) is 12.7. The third kappa shape index (κ3) is 5.49. The van der Waals surface area contributed by atoms with E-state index in [0.29, 0.717) is 12.6 Å². The van der Waals surface area contributed by atoms with Gasteiger partial charge in [0.05, 0.1) is 6.61 Å². The number of carbonyl (C=O) groups is 1. The highest BCUT2D eigenvalue weighted by Crippen LogP contribution is 2.18. The first kappa shape index (κ1) is 16.4. The van der Waals surface area contributed by atoms with Crippen molar-refractivity contribution in [2.45, 2.75) is 83.4 Å². The highest BCUT2D eigenvalue weighted by molar-refractivity contribution is 5.80. The van der Waals surface area contributed by atoms with Crippen molar-refractivity contribution in [3.63, 3.8) is 0 Å². The molecule has 0 heterocycles. The molecule has 3 N–H and O–H groups in total. The Labute approximate surface area is 117 Å². The largest absolute Gasteiger partial charge is 0.367 e. The summed E-state index contributed by atoms with van der Waals surface area (Å²) in [4.78, 5) is 12.0. The van der Waals surface area contributed by atoms with E-state index < -0.39 is 6.10 Å². The molecule has 1 amide bonds. The van der Waals surface area contributed by atoms with Crippen molar-refractivity contribution in [1.82, 2.24) is 5.32 Å². The van der Waals surface area contributed by atoms with Crippen molar-refractivity contribution < 1.29 is 9.53 Å². The lowest BCUT2D eigenvalue weighted by Gasteiger charge is -2.29. The molecule has 0 spiro atoms. The van der Waals surface area contributed by atoms with Gasteiger partial charge in [0.25, 0.3) is 0 Å². The molecular formula is C15H30N2O2. The summed E-state index contributed by atoms with van der Waals surface area (Å²) in [6.07, 6.45) is 7.24. The number of nitrogens with one attached hydrogen (secondary N) is 1. The average Bonchev–Trinajstić information content (AvgIpc) is 2.45. The Bertz CT molecular complexity index is 271. The van der Waals surface area contributed by atoms with Gasteiger partial charge in [0.1, 0.15) is 6.10 Å². The minimum absolute atomic E-state index is 0.00135. The highest BCUT2D eigenvalue weighted by atomic mass is 16.5. The smallest absolute Gasteiger partial charge is 0.249 e. The van der Waals surface area contributed by atoms with Crippen LogP contribution in [0.5, 0.6) is 0 Å². The predicted octanol–water partition coefficient (Wildman–Crippen LogP) is 2.36. The van der Waals surface area contributed by atoms with Crippen molar-refractivity contribution in [2.24, 2.45) is 5.73 Å². The van der Waals surface area contributed by atoms with Crippen LogP contribution < -0.4 is 11.1 Å². The molecule has 0 saturated heterocycles. The van der Waals surface area contributed by atoms with E-state index in [1.807, 2.05) is 6.92 Å². The number of hydrogen-bond donors (Lipinski definition) is 2. The van der Waals surface area contributed by atoms with Crippen LogP contribution in [0.2, 0.25) is 0 Å². The number of ether oxygens (including phenoxy) is 1. The summed E-state index contributed by atoms with van der Waals surface area (Å²) in [5, 5.41) is 3.09. The van der Waals surface area contributed by atoms with Gasteiger partial charge in [-0.05, 0) is 32.6 Å². The van der Waals surface area contributed by atoms with Crippen LogP contribution in [0.3, 0.4) is 0 Å². The fraction of sp³-hybridized carbons (Fsp3) is 0.933. The van der Waals surface area contributed by atoms with E-state index in [9.17, 15) is 4.79 Å². The Balaban J connectivity index is 2.31. The minimum atomic E-state index is -0.414. The molecule has 4 heteroatoms. The molecule has 1 aliphatic carbocycles. The monoisotopic (exact) mass is 270 g/mol. The van der Waals surface area contributed by atoms with Crippen LogP contribution in [-0.4, -0.2) is 30.2 Å². The maximum Gasteiger partial charge on any atom is 0.249 e. The Morgan fingerprint density at radius 1 is 1.32 bits per heavy atom. The summed E-state index contributed by atoms with van der Waals surface area (Å²) in [5.74, 6) is 0.00135. The standard InChI is InChI=1S/C15H30N2O2/c1-4-15(16,5-2)11-19-12(3)14(18)17-13-9-7-6-8-10-13/h12-13H,4-11,16H2,1-3H3,(H,17,18). The van der Waals surface area contributed by atoms with Gasteiger partial charge in [-0.2, -0.15) is 0 Å². The zero-order chi connectivity index (χ0) is 14.3. The van der Waals surface area contributed by atoms with E-state index in [-0.39, 0.29) is 11.4 Å². The summed E-state index contributed by atoms with van der Waals surface area (Å²) in [6.45, 7) is 6.36. The lowest BCUT2D eigenvalue weighted by Crippen LogP contribution is -2.47. The molecule has 1 rings (SSSR count). The van der Waals surface area contributed by atoms with Gasteiger partial charge in [0, 0.05) is 11.6 Å². The molecule has 1 unspecified atom stereocenters. The van der Waals surface area contributed by atoms with E-state index in [1.165, 1.54) is 19.3 Å². The SMILES string of the molecule is CCC(N)(CC)COC(C)C(=O)NC1CCCCC1. The van der Waals surface area contributed by atoms with Crippen molar-refractivity contribution in [3.05, 3.63) is 0 Å². The lowest BCUT2D eigenvalue weighted by atomic mass is 9.95. The van der Waals surface area contributed by atoms with E-state index in [2.05, 4.69) is 19.2 Å². The van der Waals surface area contributed by atoms with Crippen molar-refractivity contribution in [2.75, 3.05) is 6.61 Å². The first-order valence-corrected chi connectivity index (χ1v) is 7.71. The Morgan fingerprint density at radius 3 is 2.42 bits per heavy atom. The van der Waals surface area contributed by atoms with Gasteiger partial charge in [0.2, 0.25) is 5.91 Å². The number of hydrogen-bond acceptors (Lipinski definition) is 3. The molecule has 0 aromatic rings. The van der Waals surface area contributed by atoms with Gasteiger partial charge < -0.3 is 15.8 Å². The van der Waals surface area contributed by atoms with Crippen LogP contribution >= 0.6 is 0 Å². The summed E-state index contributed by atoms with van der Waals surface area (Å²) in [6, 6.07) is 0.340. The van der Waals surface area contributed by atoms with Gasteiger partial charge >= 0.3 is 0 Å². The lowest BCUT2D eigenvalue weighted by molar-refractivity contribution is -0.133. The van der Waals surface area contributed by atoms with Crippen LogP contribution in [-0.2, 0) is 9.53 Å². The van der Waals surface area contributed by atoms with E-state index in [1.54, 1.807) is 0 Å². The molecule has 4 nitrogen and oxygen atoms in total. The highest BCUT2D eigenvalue weighted by Gasteiger charge is 2.25. The second-order valence-corrected chi connectivity index (χ2v) is 5.87. The Kier molecular flexibility index (Phi) is 6.80. The molecule has 0 aliphatic heterocycles. The maximum absolute atomic E-state index is 12.0. The van der Waals surface area contributed by atoms with E-state index in [0.717, 1.165) is 25.7 Å². The third-order valence-electron chi connectivity index (χ3n) is 4.35. The second-order valence-electron chi connectivity index (χ2n) is 5.87. The molecule has 0 aromatic heterocycles. The van der Waals surface area contributed by atoms with Crippen molar-refractivity contribution >= 4 is 5.91 Å². The van der Waals surface area contributed by atoms with Gasteiger partial charge in [-0.1, -0.05) is 33.1 Å². The first-order chi connectivity index (χ1) is 9.00. The van der Waals surface area contributed by atoms with Gasteiger partial charge in [0.15, 0.2) is 0 Å². The van der Waals surface area contributed by atoms with E-state index >= 15 is 0 Å². The normalized spacial score (nSPS) is 19.2. The van der Waals surface area contributed by atoms with Crippen molar-refractivity contribution in [3.8, 4) is 0 Å². The molecule has 0 aromatic carbocycles. The molecule has 0 bridgehead atoms. The van der Waals surface area contributed by atoms with E-state index in [4.69, 9.17) is 10.5 Å². The molecule has 1 aliphatic rings. The zero-order valence-corrected chi connectivity index (χ0v) is 12.7. The first-order valence-electron chi connectivity index (χ1n) is 7.71. The summed E-state index contributed by atoms with van der Waals surface area (Å²) in [7, 11) is 0. The third-order valence-corrected chi connectivity index (χ3v) is 4.35. The summed E-state index contributed by atoms with van der Waals surface area (Å²) in [5.41, 5.74) is 5.87. The number of amides is 1. The molecule has 112 valence electrons. The molecule has 1 atom stereocenters. The van der Waals surface area contributed by atoms with Crippen LogP contribution in [0.15, 0.2) is 0 Å². The molecule has 19 heavy (non-hydrogen) atoms. The Hall–Kier alpha value is -0.610. The van der Waals surface area contributed by atoms with Gasteiger partial charge in [-0.15, -0.1) is 0 Å². The number of rotatable bonds is 7. The number of carbonyl (C=O) groups excluding carboxylic acids is 1. The topological polar surface area (TPSA) is 64.3 Å². The van der Waals surface area contributed by atoms with Gasteiger partial charge in [-0.25, -0.2) is 0 Å². The fourth-order valence-corrected chi connectivity index (χ4v) is 2.39. The van der Waals surface area contributed by atoms with Crippen LogP contribution in [0.4, 0.5) is 0 Å². The van der Waals surface area contributed by atoms with Crippen LogP contribution in [0.25, 0.3) is 0 Å². The average molecular weight is 270 g/mol. The summed E-state index contributed by atoms with van der Waals surface area (Å²) < 4.78 is 5.66. The fourth-order valence-electron chi connectivity index (χ4n) is 2.39. The maximum atomic E-state index is 12.0. The second kappa shape index (κ2) is 7.85. The molecular weight excluding hydrogens is 240 g/mol. The minimum Gasteiger partial charge on any atom is -0.367 e. The summed E-state index contributed by atoms with van der Waals surface area (Å²) >= 11 is 0. The van der Waals surface area contributed by atoms with Crippen LogP contribution in [0, 0.1) is 0 Å². The van der Waals surface area contributed by atoms with Crippen LogP contribution in [0.1, 0.15) is 65.7 Å².